The normalized spacial score (nSPS) is 12.4. The maximum absolute atomic E-state index is 13.4. The molecule has 24 N–H and O–H groups in total. The number of aryl methyl sites for hydroxylation is 1. The Morgan fingerprint density at radius 2 is 0.714 bits per heavy atom. The number of amides is 1. The maximum Gasteiger partial charge on any atom is 0.239 e. The fourth-order valence-electron chi connectivity index (χ4n) is 12.0. The number of pyridine rings is 6. The molecule has 636 valence electrons. The zero-order valence-corrected chi connectivity index (χ0v) is 68.9. The van der Waals surface area contributed by atoms with Gasteiger partial charge in [0.2, 0.25) is 41.6 Å². The number of nitrogens with zero attached hydrogens (tertiary/aromatic N) is 18. The summed E-state index contributed by atoms with van der Waals surface area (Å²) in [7, 11) is 0. The molecule has 0 unspecified atom stereocenters. The van der Waals surface area contributed by atoms with Crippen LogP contribution < -0.4 is 72.0 Å². The number of hydrogen-bond donors (Lipinski definition) is 17. The minimum Gasteiger partial charge on any atom is -0.396 e. The summed E-state index contributed by atoms with van der Waals surface area (Å²) in [5.41, 5.74) is 47.4. The lowest BCUT2D eigenvalue weighted by molar-refractivity contribution is -0.120. The first-order valence-corrected chi connectivity index (χ1v) is 39.8. The van der Waals surface area contributed by atoms with E-state index >= 15 is 0 Å². The molecule has 0 saturated heterocycles. The van der Waals surface area contributed by atoms with Gasteiger partial charge in [0.25, 0.3) is 0 Å². The number of primary amides is 1. The quantitative estimate of drug-likeness (QED) is 0.0164. The topological polar surface area (TPSA) is 618 Å². The van der Waals surface area contributed by atoms with Gasteiger partial charge in [-0.25, -0.2) is 44.3 Å². The second kappa shape index (κ2) is 48.2. The van der Waals surface area contributed by atoms with E-state index in [1.54, 1.807) is 61.2 Å². The number of carbonyl (C=O) groups is 3. The van der Waals surface area contributed by atoms with Gasteiger partial charge in [-0.2, -0.15) is 29.9 Å². The molecule has 0 aliphatic carbocycles. The monoisotopic (exact) mass is 1660 g/mol. The molecule has 12 aromatic rings. The minimum absolute atomic E-state index is 0.00305. The predicted molar refractivity (Wildman–Crippen MR) is 466 cm³/mol. The number of Topliss-reactive ketones (excluding diaryl/α,β-unsaturated/α-hetero) is 2. The molecule has 0 fully saturated rings. The van der Waals surface area contributed by atoms with E-state index in [2.05, 4.69) is 135 Å². The molecular weight excluding hydrogens is 1550 g/mol. The van der Waals surface area contributed by atoms with E-state index < -0.39 is 17.8 Å². The van der Waals surface area contributed by atoms with Crippen molar-refractivity contribution in [1.29, 1.82) is 0 Å². The summed E-state index contributed by atoms with van der Waals surface area (Å²) < 4.78 is 13.4. The van der Waals surface area contributed by atoms with E-state index in [1.807, 2.05) is 65.8 Å². The number of carbonyl (C=O) groups excluding carboxylic acids is 3. The number of nitrogens with two attached hydrogens (primary N) is 7. The Labute approximate surface area is 692 Å². The number of aromatic nitrogens is 18. The van der Waals surface area contributed by atoms with Crippen LogP contribution in [0.4, 0.5) is 75.0 Å². The molecule has 12 heterocycles. The number of nitrogens with one attached hydrogen (secondary N) is 6. The second-order valence-corrected chi connectivity index (χ2v) is 27.6. The van der Waals surface area contributed by atoms with Gasteiger partial charge < -0.3 is 92.5 Å². The number of anilines is 12. The zero-order chi connectivity index (χ0) is 86.5. The Kier molecular flexibility index (Phi) is 37.9. The van der Waals surface area contributed by atoms with Crippen LogP contribution in [0.1, 0.15) is 157 Å². The van der Waals surface area contributed by atoms with Gasteiger partial charge in [-0.05, 0) is 113 Å². The van der Waals surface area contributed by atoms with Gasteiger partial charge >= 0.3 is 0 Å². The third kappa shape index (κ3) is 28.3. The highest BCUT2D eigenvalue weighted by atomic mass is 35.5. The van der Waals surface area contributed by atoms with Crippen molar-refractivity contribution < 1.29 is 39.2 Å². The molecule has 0 saturated carbocycles. The van der Waals surface area contributed by atoms with Gasteiger partial charge in [0.05, 0.1) is 83.1 Å². The minimum atomic E-state index is -0.671. The maximum atomic E-state index is 13.4. The van der Waals surface area contributed by atoms with Crippen molar-refractivity contribution in [1.82, 2.24) is 89.7 Å². The lowest BCUT2D eigenvalue weighted by Gasteiger charge is -2.18. The van der Waals surface area contributed by atoms with Crippen LogP contribution in [0.3, 0.4) is 0 Å². The van der Waals surface area contributed by atoms with Gasteiger partial charge in [-0.3, -0.25) is 34.3 Å². The summed E-state index contributed by atoms with van der Waals surface area (Å²) in [5, 5.41) is 55.4. The first-order valence-electron chi connectivity index (χ1n) is 39.5. The molecule has 0 spiro atoms. The van der Waals surface area contributed by atoms with Crippen LogP contribution in [0.5, 0.6) is 0 Å². The SMILES string of the molecule is CCCC[C@@H](CO)Nc1nc(N)nc2cccnc12.CCC[C@@H](CO)Nc1nc(N)nc2cc(F)c(Cl)nc12.CCC[C@@H](CO)Nc1nc(N)nc2ccc(C)nc12.CCC[C@H](Nc1nc(N)nc2cccnc12)C(=O)CC.CCC[C@H](Nc1nc(N)nc2cccnc12)C(=O)CCCO.CCC[C@H](Nc1nc(N)nc2cccnc12)C(N)=O. The third-order valence-corrected chi connectivity index (χ3v) is 18.0. The molecule has 0 bridgehead atoms. The number of unbranched alkanes of at least 4 members (excludes halogenated alkanes) is 1. The largest absolute Gasteiger partial charge is 0.396 e. The van der Waals surface area contributed by atoms with E-state index in [0.717, 1.165) is 82.4 Å². The van der Waals surface area contributed by atoms with Crippen molar-refractivity contribution in [2.24, 2.45) is 5.73 Å². The fourth-order valence-corrected chi connectivity index (χ4v) is 12.1. The lowest BCUT2D eigenvalue weighted by Crippen LogP contribution is -2.35. The molecule has 12 rings (SSSR count). The molecular formula is C79H109ClFN31O7. The number of hydrogen-bond acceptors (Lipinski definition) is 37. The zero-order valence-electron chi connectivity index (χ0n) is 68.1. The van der Waals surface area contributed by atoms with Crippen LogP contribution in [0.25, 0.3) is 66.2 Å². The average molecular weight is 1660 g/mol. The van der Waals surface area contributed by atoms with Gasteiger partial charge in [0, 0.05) is 56.0 Å². The fraction of sp³-hybridized carbons (Fsp3) is 0.430. The second-order valence-electron chi connectivity index (χ2n) is 27.3. The van der Waals surface area contributed by atoms with Crippen molar-refractivity contribution in [3.63, 3.8) is 0 Å². The number of aliphatic hydroxyl groups excluding tert-OH is 4. The molecule has 0 radical (unpaired) electrons. The van der Waals surface area contributed by atoms with E-state index in [-0.39, 0.29) is 115 Å². The summed E-state index contributed by atoms with van der Waals surface area (Å²) >= 11 is 5.68. The third-order valence-electron chi connectivity index (χ3n) is 17.8. The standard InChI is InChI=1S/C15H21N5O2.C14H19N5O.2C13H19N5O.C12H15ClFN5O.C12H16N6O/c1-2-5-10(12(22)7-4-9-21)18-14-13-11(6-3-8-17-13)19-15(16)20-14;1-3-6-9(11(20)4-2)17-13-12-10(7-5-8-16-12)18-14(15)19-13;1-3-4-9(7-19)16-12-11-10(17-13(14)18-12)6-5-8(2)15-11;1-2-3-5-9(8-19)16-12-11-10(6-4-7-15-11)17-13(14)18-12;1-2-3-6(5-20)16-11-9-8(17-12(15)19-11)4-7(14)10(13)18-9;1-2-4-8(10(13)19)16-11-9-7(5-3-6-15-9)17-12(14)18-11/h3,6,8,10,21H,2,4-5,7,9H2,1H3,(H3,16,18,19,20);5,7-9H,3-4,6H2,1-2H3,(H3,15,17,18,19);5-6,9,19H,3-4,7H2,1-2H3,(H3,14,16,17,18);4,6-7,9,19H,2-3,5,8H2,1H3,(H3,14,16,17,18);4,6,20H,2-3,5H2,1H3,(H3,15,16,17,19);3,5-6,8H,2,4H2,1H3,(H2,13,19)(H3,14,16,17,18)/t10-;3*9-;6-;8-/m000000/s1. The molecule has 40 heteroatoms. The summed E-state index contributed by atoms with van der Waals surface area (Å²) in [4.78, 5) is 110. The highest BCUT2D eigenvalue weighted by Crippen LogP contribution is 2.29. The molecule has 0 aromatic carbocycles. The van der Waals surface area contributed by atoms with Crippen molar-refractivity contribution in [3.05, 3.63) is 108 Å². The Morgan fingerprint density at radius 3 is 1.07 bits per heavy atom. The molecule has 6 atom stereocenters. The summed E-state index contributed by atoms with van der Waals surface area (Å²) in [6.45, 7) is 16.0. The molecule has 0 aliphatic heterocycles. The predicted octanol–water partition coefficient (Wildman–Crippen LogP) is 9.40. The van der Waals surface area contributed by atoms with Crippen molar-refractivity contribution >= 4 is 166 Å². The highest BCUT2D eigenvalue weighted by molar-refractivity contribution is 6.30. The van der Waals surface area contributed by atoms with Crippen LogP contribution in [-0.4, -0.2) is 190 Å². The van der Waals surface area contributed by atoms with Crippen molar-refractivity contribution in [3.8, 4) is 0 Å². The molecule has 38 nitrogen and oxygen atoms in total. The van der Waals surface area contributed by atoms with Crippen LogP contribution in [-0.2, 0) is 14.4 Å². The van der Waals surface area contributed by atoms with Gasteiger partial charge in [-0.15, -0.1) is 0 Å². The van der Waals surface area contributed by atoms with Gasteiger partial charge in [-0.1, -0.05) is 105 Å². The summed E-state index contributed by atoms with van der Waals surface area (Å²) in [5.74, 6) is 2.88. The average Bonchev–Trinajstić information content (AvgIpc) is 0.822. The molecule has 1 amide bonds. The van der Waals surface area contributed by atoms with Crippen molar-refractivity contribution in [2.75, 3.05) is 92.7 Å². The lowest BCUT2D eigenvalue weighted by atomic mass is 10.0. The number of aliphatic hydroxyl groups is 4. The number of fused-ring (bicyclic) bond motifs is 6. The first kappa shape index (κ1) is 93.6. The Balaban J connectivity index is 0.000000197. The number of nitrogen functional groups attached to an aromatic ring is 6. The Bertz CT molecular complexity index is 5270. The van der Waals surface area contributed by atoms with Gasteiger partial charge in [0.1, 0.15) is 39.1 Å². The van der Waals surface area contributed by atoms with Crippen LogP contribution in [0, 0.1) is 12.7 Å². The number of halogens is 2. The summed E-state index contributed by atoms with van der Waals surface area (Å²) in [6.07, 6.45) is 19.1. The van der Waals surface area contributed by atoms with Crippen LogP contribution in [0.15, 0.2) is 91.5 Å². The van der Waals surface area contributed by atoms with E-state index in [4.69, 9.17) is 56.8 Å². The smallest absolute Gasteiger partial charge is 0.239 e. The number of ketones is 2. The van der Waals surface area contributed by atoms with E-state index in [0.29, 0.717) is 128 Å². The van der Waals surface area contributed by atoms with E-state index in [9.17, 15) is 34.1 Å². The Morgan fingerprint density at radius 1 is 0.387 bits per heavy atom. The molecule has 0 aliphatic rings. The molecule has 119 heavy (non-hydrogen) atoms. The summed E-state index contributed by atoms with van der Waals surface area (Å²) in [6, 6.07) is 17.9. The van der Waals surface area contributed by atoms with Gasteiger partial charge in [0.15, 0.2) is 57.4 Å². The van der Waals surface area contributed by atoms with Crippen molar-refractivity contribution in [2.45, 2.75) is 194 Å². The molecule has 12 aromatic heterocycles. The van der Waals surface area contributed by atoms with Crippen LogP contribution >= 0.6 is 11.6 Å². The number of rotatable bonds is 35. The van der Waals surface area contributed by atoms with E-state index in [1.165, 1.54) is 0 Å². The van der Waals surface area contributed by atoms with Crippen LogP contribution in [0.2, 0.25) is 5.15 Å². The highest BCUT2D eigenvalue weighted by Gasteiger charge is 2.24. The Hall–Kier alpha value is -12.6. The first-order chi connectivity index (χ1) is 57.3.